The quantitative estimate of drug-likeness (QED) is 0.154. The molecule has 6 nitrogen and oxygen atoms in total. The van der Waals surface area contributed by atoms with Crippen LogP contribution in [0.2, 0.25) is 0 Å². The Kier molecular flexibility index (Phi) is 7.89. The second-order valence-corrected chi connectivity index (χ2v) is 15.3. The smallest absolute Gasteiger partial charge is 0.135 e. The summed E-state index contributed by atoms with van der Waals surface area (Å²) in [6.45, 7) is -4.89. The average molecular weight is 999 g/mol. The molecule has 14 rings (SSSR count). The van der Waals surface area contributed by atoms with E-state index in [1.54, 1.807) is 40.9 Å². The molecule has 5 aromatic heterocycles. The fraction of sp³-hybridized carbons (Fsp3) is 0.0357. The van der Waals surface area contributed by atoms with Gasteiger partial charge in [0.2, 0.25) is 0 Å². The third kappa shape index (κ3) is 6.54. The number of hydrogen-bond acceptors (Lipinski definition) is 3. The van der Waals surface area contributed by atoms with E-state index in [4.69, 9.17) is 22.0 Å². The summed E-state index contributed by atoms with van der Waals surface area (Å²) in [5, 5.41) is 4.21. The third-order valence-electron chi connectivity index (χ3n) is 11.6. The van der Waals surface area contributed by atoms with Crippen LogP contribution in [0.5, 0.6) is 0 Å². The molecule has 0 aliphatic carbocycles. The molecule has 1 aliphatic rings. The van der Waals surface area contributed by atoms with Crippen LogP contribution in [-0.4, -0.2) is 18.5 Å². The van der Waals surface area contributed by atoms with Crippen LogP contribution in [0.15, 0.2) is 197 Å². The minimum Gasteiger partial charge on any atom is -0.510 e. The van der Waals surface area contributed by atoms with Gasteiger partial charge in [-0.1, -0.05) is 126 Å². The number of para-hydroxylation sites is 4. The standard InChI is InChI=1S/C56H37N4O2.Pt/c1-36-22-29-50-48(30-36)45-28-27-43-33-53(45)60(50)55-31-37(2)49(34-57-55)39-23-25-41(26-24-39)62-54-21-9-6-16-46(54)47-18-11-17-44(38-12-4-3-5-13-38)56(47)59-35-58(51-19-7-8-20-52(51)59)40-14-10-15-42(32-40)61-43;/h3-31,34-35H,1-2H3;/q-3;/i1D3,2D3;. The van der Waals surface area contributed by atoms with Crippen molar-refractivity contribution in [3.63, 3.8) is 0 Å². The Balaban J connectivity index is 0.00000520. The number of imidazole rings is 1. The van der Waals surface area contributed by atoms with Crippen molar-refractivity contribution < 1.29 is 38.1 Å². The maximum absolute atomic E-state index is 8.73. The number of benzene rings is 8. The first-order chi connectivity index (χ1) is 33.0. The molecule has 8 aromatic carbocycles. The maximum atomic E-state index is 8.73. The van der Waals surface area contributed by atoms with Gasteiger partial charge in [0.15, 0.2) is 0 Å². The summed E-state index contributed by atoms with van der Waals surface area (Å²) < 4.78 is 70.2. The van der Waals surface area contributed by atoms with E-state index in [1.807, 2.05) is 97.1 Å². The fourth-order valence-electron chi connectivity index (χ4n) is 8.73. The Bertz CT molecular complexity index is 4130. The van der Waals surface area contributed by atoms with Gasteiger partial charge in [-0.25, -0.2) is 4.98 Å². The van der Waals surface area contributed by atoms with E-state index in [2.05, 4.69) is 76.1 Å². The summed E-state index contributed by atoms with van der Waals surface area (Å²) in [6.07, 6.45) is 3.66. The van der Waals surface area contributed by atoms with Gasteiger partial charge in [0.05, 0.1) is 0 Å². The molecule has 0 saturated carbocycles. The molecule has 0 spiro atoms. The molecule has 7 heteroatoms. The first kappa shape index (κ1) is 32.2. The summed E-state index contributed by atoms with van der Waals surface area (Å²) in [4.78, 5) is 4.89. The molecule has 0 amide bonds. The number of pyridine rings is 1. The zero-order valence-corrected chi connectivity index (χ0v) is 35.6. The van der Waals surface area contributed by atoms with Crippen molar-refractivity contribution >= 4 is 82.4 Å². The van der Waals surface area contributed by atoms with Crippen molar-refractivity contribution in [2.75, 3.05) is 0 Å². The summed E-state index contributed by atoms with van der Waals surface area (Å²) in [5.41, 5.74) is 9.34. The van der Waals surface area contributed by atoms with E-state index in [0.29, 0.717) is 60.6 Å². The SMILES string of the molecule is [2H]C([2H])([2H])c1ccc2c(c1)c1ccc3[c-]c1n2c1cc(C([2H])([2H])[2H])c(cn1)c1ccc(cc1)oc1ccccc1c1cccc(-c2ccccc2)c1n1[cH-]n(c2[c-]c(ccc2)o3)-c2ccccc2-1.[Pt]. The first-order valence-corrected chi connectivity index (χ1v) is 20.3. The molecular formula is C56H37N4O2Pt-3. The van der Waals surface area contributed by atoms with Crippen LogP contribution in [0.4, 0.5) is 0 Å². The Morgan fingerprint density at radius 3 is 2.22 bits per heavy atom. The van der Waals surface area contributed by atoms with Crippen LogP contribution in [0.1, 0.15) is 19.4 Å². The van der Waals surface area contributed by atoms with E-state index in [0.717, 1.165) is 44.3 Å². The van der Waals surface area contributed by atoms with E-state index < -0.39 is 13.7 Å². The van der Waals surface area contributed by atoms with Gasteiger partial charge >= 0.3 is 0 Å². The van der Waals surface area contributed by atoms with Gasteiger partial charge in [-0.2, -0.15) is 24.3 Å². The first-order valence-electron chi connectivity index (χ1n) is 23.3. The molecule has 13 aromatic rings. The van der Waals surface area contributed by atoms with Gasteiger partial charge in [0.25, 0.3) is 0 Å². The minimum atomic E-state index is -2.54. The van der Waals surface area contributed by atoms with Crippen LogP contribution in [0, 0.1) is 25.8 Å². The predicted octanol–water partition coefficient (Wildman–Crippen LogP) is 14.6. The van der Waals surface area contributed by atoms with Gasteiger partial charge in [-0.05, 0) is 93.8 Å². The molecule has 0 N–H and O–H groups in total. The van der Waals surface area contributed by atoms with Crippen LogP contribution in [0.3, 0.4) is 0 Å². The number of nitrogens with zero attached hydrogens (tertiary/aromatic N) is 4. The zero-order valence-electron chi connectivity index (χ0n) is 39.3. The van der Waals surface area contributed by atoms with Crippen LogP contribution >= 0.6 is 0 Å². The Morgan fingerprint density at radius 1 is 0.587 bits per heavy atom. The van der Waals surface area contributed by atoms with Gasteiger partial charge < -0.3 is 22.4 Å². The number of fused-ring (bicyclic) bond motifs is 5. The molecule has 10 bridgehead atoms. The molecular weight excluding hydrogens is 956 g/mol. The summed E-state index contributed by atoms with van der Waals surface area (Å²) in [6, 6.07) is 63.1. The monoisotopic (exact) mass is 998 g/mol. The number of aryl methyl sites for hydroxylation is 2. The number of aromatic nitrogens is 4. The molecule has 0 saturated heterocycles. The summed E-state index contributed by atoms with van der Waals surface area (Å²) >= 11 is 0. The van der Waals surface area contributed by atoms with Gasteiger partial charge in [0.1, 0.15) is 16.8 Å². The van der Waals surface area contributed by atoms with E-state index in [9.17, 15) is 0 Å². The molecule has 63 heavy (non-hydrogen) atoms. The van der Waals surface area contributed by atoms with Crippen molar-refractivity contribution in [1.82, 2.24) is 18.5 Å². The Labute approximate surface area is 385 Å². The molecule has 0 fully saturated rings. The predicted molar refractivity (Wildman–Crippen MR) is 253 cm³/mol. The average Bonchev–Trinajstić information content (AvgIpc) is 3.89. The van der Waals surface area contributed by atoms with E-state index in [-0.39, 0.29) is 32.2 Å². The second kappa shape index (κ2) is 15.4. The Hall–Kier alpha value is -7.53. The maximum Gasteiger partial charge on any atom is 0.135 e. The third-order valence-corrected chi connectivity index (χ3v) is 11.6. The molecule has 306 valence electrons. The van der Waals surface area contributed by atoms with E-state index >= 15 is 0 Å². The largest absolute Gasteiger partial charge is 0.510 e. The van der Waals surface area contributed by atoms with Crippen LogP contribution in [0.25, 0.3) is 105 Å². The van der Waals surface area contributed by atoms with Crippen molar-refractivity contribution in [2.45, 2.75) is 13.7 Å². The van der Waals surface area contributed by atoms with Gasteiger partial charge in [0, 0.05) is 69.3 Å². The van der Waals surface area contributed by atoms with Crippen LogP contribution < -0.4 is 0 Å². The van der Waals surface area contributed by atoms with Crippen molar-refractivity contribution in [3.8, 4) is 22.5 Å². The number of hydrogen-bond donors (Lipinski definition) is 0. The van der Waals surface area contributed by atoms with Crippen molar-refractivity contribution in [3.05, 3.63) is 212 Å². The number of rotatable bonds is 1. The van der Waals surface area contributed by atoms with E-state index in [1.165, 1.54) is 0 Å². The summed E-state index contributed by atoms with van der Waals surface area (Å²) in [5.74, 6) is 0. The van der Waals surface area contributed by atoms with Crippen molar-refractivity contribution in [1.29, 1.82) is 0 Å². The molecule has 1 aliphatic heterocycles. The fourth-order valence-corrected chi connectivity index (χ4v) is 8.73. The normalized spacial score (nSPS) is 13.3. The Morgan fingerprint density at radius 2 is 1.37 bits per heavy atom. The topological polar surface area (TPSA) is 53.4 Å². The van der Waals surface area contributed by atoms with Gasteiger partial charge in [-0.3, -0.25) is 0 Å². The molecule has 6 heterocycles. The molecule has 0 unspecified atom stereocenters. The summed E-state index contributed by atoms with van der Waals surface area (Å²) in [7, 11) is 0. The van der Waals surface area contributed by atoms with Crippen molar-refractivity contribution in [2.24, 2.45) is 0 Å². The zero-order chi connectivity index (χ0) is 46.3. The molecule has 0 radical (unpaired) electrons. The van der Waals surface area contributed by atoms with Gasteiger partial charge in [-0.15, -0.1) is 29.1 Å². The second-order valence-electron chi connectivity index (χ2n) is 15.3. The van der Waals surface area contributed by atoms with Crippen LogP contribution in [-0.2, 0) is 21.1 Å². The molecule has 0 atom stereocenters. The minimum absolute atomic E-state index is 0.